The standard InChI is InChI=1S/C12H5F21S/c1-2-34-12(32,33)10(27,28)8(23,24)6(19,20)4(15,16)3(13,14)5(17,18)7(21,22)9(25,26)11(29,30)31/h2H2,1H3. The molecule has 0 radical (unpaired) electrons. The van der Waals surface area contributed by atoms with Crippen LogP contribution in [0.15, 0.2) is 0 Å². The smallest absolute Gasteiger partial charge is 0.192 e. The molecule has 0 amide bonds. The molecule has 0 N–H and O–H groups in total. The van der Waals surface area contributed by atoms with Crippen molar-refractivity contribution in [3.8, 4) is 0 Å². The maximum atomic E-state index is 13.4. The van der Waals surface area contributed by atoms with Crippen molar-refractivity contribution in [3.05, 3.63) is 0 Å². The molecule has 0 heterocycles. The Morgan fingerprint density at radius 2 is 0.559 bits per heavy atom. The van der Waals surface area contributed by atoms with Crippen LogP contribution in [0.2, 0.25) is 0 Å². The number of alkyl halides is 21. The summed E-state index contributed by atoms with van der Waals surface area (Å²) in [6.07, 6.45) is -7.98. The Morgan fingerprint density at radius 1 is 0.353 bits per heavy atom. The minimum atomic E-state index is -9.13. The normalized spacial score (nSPS) is 16.8. The Labute approximate surface area is 176 Å². The van der Waals surface area contributed by atoms with Gasteiger partial charge >= 0.3 is 58.8 Å². The molecule has 0 aliphatic heterocycles. The SMILES string of the molecule is CCSC(F)(F)C(F)(F)C(F)(F)C(F)(F)C(F)(F)C(F)(F)C(F)(F)C(F)(F)C(F)(F)C(F)(F)F. The highest BCUT2D eigenvalue weighted by Crippen LogP contribution is 2.66. The van der Waals surface area contributed by atoms with Crippen LogP contribution in [0.1, 0.15) is 6.92 Å². The van der Waals surface area contributed by atoms with E-state index in [-0.39, 0.29) is 0 Å². The first-order valence-electron chi connectivity index (χ1n) is 7.42. The third-order valence-electron chi connectivity index (χ3n) is 3.81. The van der Waals surface area contributed by atoms with E-state index in [4.69, 9.17) is 0 Å². The summed E-state index contributed by atoms with van der Waals surface area (Å²) < 4.78 is 273. The van der Waals surface area contributed by atoms with Gasteiger partial charge in [-0.25, -0.2) is 0 Å². The van der Waals surface area contributed by atoms with E-state index in [0.717, 1.165) is 0 Å². The quantitative estimate of drug-likeness (QED) is 0.236. The molecule has 0 aliphatic rings. The van der Waals surface area contributed by atoms with E-state index < -0.39 is 76.3 Å². The highest BCUT2D eigenvalue weighted by atomic mass is 32.2. The summed E-state index contributed by atoms with van der Waals surface area (Å²) in [4.78, 5) is 0. The Balaban J connectivity index is 7.01. The summed E-state index contributed by atoms with van der Waals surface area (Å²) in [6, 6.07) is 0. The van der Waals surface area contributed by atoms with Gasteiger partial charge in [0.2, 0.25) is 0 Å². The Kier molecular flexibility index (Phi) is 7.93. The molecule has 0 spiro atoms. The molecule has 0 saturated carbocycles. The number of halogens is 21. The lowest BCUT2D eigenvalue weighted by molar-refractivity contribution is -0.472. The van der Waals surface area contributed by atoms with Crippen LogP contribution in [0.5, 0.6) is 0 Å². The Bertz CT molecular complexity index is 731. The molecule has 0 atom stereocenters. The summed E-state index contributed by atoms with van der Waals surface area (Å²) in [6.45, 7) is 0.442. The monoisotopic (exact) mass is 580 g/mol. The summed E-state index contributed by atoms with van der Waals surface area (Å²) in [5, 5.41) is -6.56. The third-order valence-corrected chi connectivity index (χ3v) is 4.72. The van der Waals surface area contributed by atoms with E-state index >= 15 is 0 Å². The minimum absolute atomic E-state index is 0.442. The number of hydrogen-bond acceptors (Lipinski definition) is 1. The van der Waals surface area contributed by atoms with Crippen molar-refractivity contribution in [1.29, 1.82) is 0 Å². The molecule has 0 aromatic heterocycles. The summed E-state index contributed by atoms with van der Waals surface area (Å²) in [5.74, 6) is -71.2. The number of hydrogen-bond donors (Lipinski definition) is 0. The molecule has 0 aromatic rings. The van der Waals surface area contributed by atoms with E-state index in [1.54, 1.807) is 0 Å². The molecule has 0 aliphatic carbocycles. The summed E-state index contributed by atoms with van der Waals surface area (Å²) in [5.41, 5.74) is 0. The molecule has 34 heavy (non-hydrogen) atoms. The van der Waals surface area contributed by atoms with Gasteiger partial charge in [0.1, 0.15) is 0 Å². The first kappa shape index (κ1) is 32.9. The van der Waals surface area contributed by atoms with Gasteiger partial charge in [0.15, 0.2) is 0 Å². The van der Waals surface area contributed by atoms with E-state index in [2.05, 4.69) is 0 Å². The van der Waals surface area contributed by atoms with Crippen molar-refractivity contribution in [2.45, 2.75) is 65.7 Å². The average Bonchev–Trinajstić information content (AvgIpc) is 2.59. The molecule has 22 heteroatoms. The largest absolute Gasteiger partial charge is 0.460 e. The Morgan fingerprint density at radius 3 is 0.765 bits per heavy atom. The van der Waals surface area contributed by atoms with Gasteiger partial charge < -0.3 is 0 Å². The molecule has 0 rings (SSSR count). The van der Waals surface area contributed by atoms with Crippen LogP contribution in [0, 0.1) is 0 Å². The summed E-state index contributed by atoms with van der Waals surface area (Å²) >= 11 is -1.70. The van der Waals surface area contributed by atoms with Gasteiger partial charge in [-0.15, -0.1) is 0 Å². The Hall–Kier alpha value is -1.12. The molecule has 206 valence electrons. The zero-order chi connectivity index (χ0) is 28.4. The van der Waals surface area contributed by atoms with Crippen molar-refractivity contribution < 1.29 is 92.2 Å². The number of rotatable bonds is 10. The van der Waals surface area contributed by atoms with Crippen LogP contribution >= 0.6 is 11.8 Å². The highest BCUT2D eigenvalue weighted by molar-refractivity contribution is 8.00. The van der Waals surface area contributed by atoms with Gasteiger partial charge in [0.25, 0.3) is 0 Å². The van der Waals surface area contributed by atoms with Crippen LogP contribution < -0.4 is 0 Å². The van der Waals surface area contributed by atoms with Crippen molar-refractivity contribution in [3.63, 3.8) is 0 Å². The summed E-state index contributed by atoms with van der Waals surface area (Å²) in [7, 11) is 0. The van der Waals surface area contributed by atoms with Crippen LogP contribution in [-0.4, -0.2) is 64.6 Å². The molecule has 0 unspecified atom stereocenters. The van der Waals surface area contributed by atoms with Crippen molar-refractivity contribution in [2.75, 3.05) is 5.75 Å². The van der Waals surface area contributed by atoms with Crippen LogP contribution in [0.25, 0.3) is 0 Å². The molecule has 0 nitrogen and oxygen atoms in total. The first-order chi connectivity index (χ1) is 14.3. The fourth-order valence-electron chi connectivity index (χ4n) is 1.82. The van der Waals surface area contributed by atoms with E-state index in [9.17, 15) is 92.2 Å². The minimum Gasteiger partial charge on any atom is -0.192 e. The third kappa shape index (κ3) is 3.92. The average molecular weight is 580 g/mol. The zero-order valence-electron chi connectivity index (χ0n) is 15.1. The van der Waals surface area contributed by atoms with Crippen molar-refractivity contribution in [2.24, 2.45) is 0 Å². The molecular weight excluding hydrogens is 575 g/mol. The molecule has 0 saturated heterocycles. The molecule has 0 aromatic carbocycles. The fourth-order valence-corrected chi connectivity index (χ4v) is 2.49. The lowest BCUT2D eigenvalue weighted by Crippen LogP contribution is -2.76. The van der Waals surface area contributed by atoms with Crippen molar-refractivity contribution in [1.82, 2.24) is 0 Å². The predicted molar refractivity (Wildman–Crippen MR) is 68.7 cm³/mol. The number of thioether (sulfide) groups is 1. The van der Waals surface area contributed by atoms with Crippen LogP contribution in [0.4, 0.5) is 92.2 Å². The van der Waals surface area contributed by atoms with Gasteiger partial charge in [0, 0.05) is 0 Å². The second-order valence-electron chi connectivity index (χ2n) is 6.04. The van der Waals surface area contributed by atoms with Gasteiger partial charge in [-0.05, 0) is 5.75 Å². The maximum Gasteiger partial charge on any atom is 0.460 e. The molecule has 0 fully saturated rings. The molecular formula is C12H5F21S. The topological polar surface area (TPSA) is 0 Å². The van der Waals surface area contributed by atoms with Crippen LogP contribution in [0.3, 0.4) is 0 Å². The lowest BCUT2D eigenvalue weighted by Gasteiger charge is -2.44. The fraction of sp³-hybridized carbons (Fsp3) is 1.00. The zero-order valence-corrected chi connectivity index (χ0v) is 15.9. The van der Waals surface area contributed by atoms with E-state index in [1.165, 1.54) is 0 Å². The maximum absolute atomic E-state index is 13.4. The van der Waals surface area contributed by atoms with Crippen LogP contribution in [-0.2, 0) is 0 Å². The van der Waals surface area contributed by atoms with Gasteiger partial charge in [-0.3, -0.25) is 0 Å². The van der Waals surface area contributed by atoms with Gasteiger partial charge in [-0.2, -0.15) is 92.2 Å². The first-order valence-corrected chi connectivity index (χ1v) is 8.40. The molecule has 0 bridgehead atoms. The lowest BCUT2D eigenvalue weighted by atomic mass is 9.87. The second-order valence-corrected chi connectivity index (χ2v) is 7.42. The highest BCUT2D eigenvalue weighted by Gasteiger charge is 2.97. The predicted octanol–water partition coefficient (Wildman–Crippen LogP) is 7.98. The van der Waals surface area contributed by atoms with Gasteiger partial charge in [-0.1, -0.05) is 18.7 Å². The van der Waals surface area contributed by atoms with Crippen molar-refractivity contribution >= 4 is 11.8 Å². The van der Waals surface area contributed by atoms with E-state index in [0.29, 0.717) is 6.92 Å². The van der Waals surface area contributed by atoms with Gasteiger partial charge in [0.05, 0.1) is 0 Å². The van der Waals surface area contributed by atoms with E-state index in [1.807, 2.05) is 0 Å². The second kappa shape index (κ2) is 8.20.